The summed E-state index contributed by atoms with van der Waals surface area (Å²) < 4.78 is 15.2. The molecule has 0 aliphatic heterocycles. The van der Waals surface area contributed by atoms with E-state index in [2.05, 4.69) is 19.9 Å². The van der Waals surface area contributed by atoms with Gasteiger partial charge in [-0.15, -0.1) is 11.3 Å². The van der Waals surface area contributed by atoms with E-state index >= 15 is 0 Å². The molecule has 0 fully saturated rings. The van der Waals surface area contributed by atoms with Crippen molar-refractivity contribution < 1.29 is 4.39 Å². The van der Waals surface area contributed by atoms with Gasteiger partial charge >= 0.3 is 0 Å². The second-order valence-corrected chi connectivity index (χ2v) is 7.69. The smallest absolute Gasteiger partial charge is 0.233 e. The third-order valence-electron chi connectivity index (χ3n) is 4.13. The molecule has 1 aromatic carbocycles. The zero-order valence-corrected chi connectivity index (χ0v) is 15.5. The number of nitrogens with zero attached hydrogens (tertiary/aromatic N) is 5. The SMILES string of the molecule is Fc1ccc(-c2csc3ncnc(SCc4cn5cccnc5n4)c23)cc1. The van der Waals surface area contributed by atoms with Crippen LogP contribution in [0.15, 0.2) is 65.7 Å². The van der Waals surface area contributed by atoms with E-state index in [0.29, 0.717) is 11.5 Å². The van der Waals surface area contributed by atoms with Gasteiger partial charge in [0.25, 0.3) is 0 Å². The molecule has 0 bridgehead atoms. The number of benzene rings is 1. The molecule has 0 unspecified atom stereocenters. The molecule has 0 aliphatic carbocycles. The van der Waals surface area contributed by atoms with Crippen molar-refractivity contribution in [2.75, 3.05) is 0 Å². The molecule has 4 aromatic heterocycles. The first kappa shape index (κ1) is 16.3. The summed E-state index contributed by atoms with van der Waals surface area (Å²) in [5.74, 6) is 1.11. The second kappa shape index (κ2) is 6.71. The molecule has 132 valence electrons. The lowest BCUT2D eigenvalue weighted by Gasteiger charge is -2.04. The minimum absolute atomic E-state index is 0.246. The monoisotopic (exact) mass is 393 g/mol. The highest BCUT2D eigenvalue weighted by atomic mass is 32.2. The number of hydrogen-bond acceptors (Lipinski definition) is 6. The van der Waals surface area contributed by atoms with Gasteiger partial charge in [-0.05, 0) is 23.8 Å². The first-order valence-electron chi connectivity index (χ1n) is 8.17. The van der Waals surface area contributed by atoms with Crippen molar-refractivity contribution in [3.8, 4) is 11.1 Å². The third kappa shape index (κ3) is 3.07. The Hall–Kier alpha value is -2.84. The Balaban J connectivity index is 1.51. The van der Waals surface area contributed by atoms with Crippen molar-refractivity contribution in [1.82, 2.24) is 24.3 Å². The largest absolute Gasteiger partial charge is 0.291 e. The number of thiophene rings is 1. The van der Waals surface area contributed by atoms with Crippen molar-refractivity contribution in [3.05, 3.63) is 72.1 Å². The predicted octanol–water partition coefficient (Wildman–Crippen LogP) is 4.83. The average molecular weight is 393 g/mol. The Morgan fingerprint density at radius 3 is 2.85 bits per heavy atom. The first-order chi connectivity index (χ1) is 13.3. The minimum Gasteiger partial charge on any atom is -0.291 e. The lowest BCUT2D eigenvalue weighted by molar-refractivity contribution is 0.628. The Bertz CT molecular complexity index is 1210. The van der Waals surface area contributed by atoms with Crippen molar-refractivity contribution >= 4 is 39.1 Å². The molecule has 0 amide bonds. The van der Waals surface area contributed by atoms with Gasteiger partial charge in [0.2, 0.25) is 5.78 Å². The van der Waals surface area contributed by atoms with Crippen LogP contribution in [-0.4, -0.2) is 24.3 Å². The standard InChI is InChI=1S/C19H12FN5S2/c20-13-4-2-12(3-5-13)15-10-27-18-16(15)17(22-11-23-18)26-9-14-8-25-7-1-6-21-19(25)24-14/h1-8,10-11H,9H2. The van der Waals surface area contributed by atoms with Gasteiger partial charge in [0.1, 0.15) is 22.0 Å². The van der Waals surface area contributed by atoms with Crippen LogP contribution in [0.1, 0.15) is 5.69 Å². The predicted molar refractivity (Wildman–Crippen MR) is 105 cm³/mol. The second-order valence-electron chi connectivity index (χ2n) is 5.86. The van der Waals surface area contributed by atoms with Crippen LogP contribution >= 0.6 is 23.1 Å². The Labute approximate surface area is 162 Å². The highest BCUT2D eigenvalue weighted by Crippen LogP contribution is 2.38. The number of fused-ring (bicyclic) bond motifs is 2. The van der Waals surface area contributed by atoms with Crippen LogP contribution in [0.5, 0.6) is 0 Å². The molecule has 4 heterocycles. The van der Waals surface area contributed by atoms with Crippen molar-refractivity contribution in [3.63, 3.8) is 0 Å². The Morgan fingerprint density at radius 1 is 1.11 bits per heavy atom. The van der Waals surface area contributed by atoms with Crippen molar-refractivity contribution in [2.45, 2.75) is 10.8 Å². The van der Waals surface area contributed by atoms with Crippen LogP contribution in [0.25, 0.3) is 27.1 Å². The van der Waals surface area contributed by atoms with Crippen LogP contribution in [0.3, 0.4) is 0 Å². The van der Waals surface area contributed by atoms with Crippen LogP contribution in [-0.2, 0) is 5.75 Å². The first-order valence-corrected chi connectivity index (χ1v) is 10.0. The van der Waals surface area contributed by atoms with E-state index in [1.54, 1.807) is 47.8 Å². The summed E-state index contributed by atoms with van der Waals surface area (Å²) in [7, 11) is 0. The summed E-state index contributed by atoms with van der Waals surface area (Å²) in [6, 6.07) is 8.39. The zero-order valence-electron chi connectivity index (χ0n) is 13.9. The number of imidazole rings is 1. The summed E-state index contributed by atoms with van der Waals surface area (Å²) in [6.45, 7) is 0. The van der Waals surface area contributed by atoms with Crippen LogP contribution in [0.4, 0.5) is 4.39 Å². The molecule has 0 saturated heterocycles. The van der Waals surface area contributed by atoms with E-state index in [1.165, 1.54) is 12.1 Å². The summed E-state index contributed by atoms with van der Waals surface area (Å²) in [6.07, 6.45) is 7.22. The Kier molecular flexibility index (Phi) is 4.06. The quantitative estimate of drug-likeness (QED) is 0.323. The number of thioether (sulfide) groups is 1. The van der Waals surface area contributed by atoms with E-state index < -0.39 is 0 Å². The van der Waals surface area contributed by atoms with Gasteiger partial charge < -0.3 is 0 Å². The van der Waals surface area contributed by atoms with Crippen LogP contribution < -0.4 is 0 Å². The minimum atomic E-state index is -0.246. The number of rotatable bonds is 4. The maximum Gasteiger partial charge on any atom is 0.233 e. The van der Waals surface area contributed by atoms with E-state index in [-0.39, 0.29) is 5.82 Å². The van der Waals surface area contributed by atoms with E-state index in [0.717, 1.165) is 32.1 Å². The number of halogens is 1. The maximum atomic E-state index is 13.3. The van der Waals surface area contributed by atoms with Gasteiger partial charge in [-0.1, -0.05) is 23.9 Å². The molecule has 8 heteroatoms. The molecule has 5 rings (SSSR count). The number of hydrogen-bond donors (Lipinski definition) is 0. The van der Waals surface area contributed by atoms with E-state index in [1.807, 2.05) is 28.2 Å². The van der Waals surface area contributed by atoms with Gasteiger partial charge in [0.05, 0.1) is 11.1 Å². The fourth-order valence-electron chi connectivity index (χ4n) is 2.89. The molecule has 0 spiro atoms. The fraction of sp³-hybridized carbons (Fsp3) is 0.0526. The molecular formula is C19H12FN5S2. The van der Waals surface area contributed by atoms with Crippen LogP contribution in [0.2, 0.25) is 0 Å². The highest BCUT2D eigenvalue weighted by molar-refractivity contribution is 7.98. The molecule has 5 aromatic rings. The molecule has 0 N–H and O–H groups in total. The lowest BCUT2D eigenvalue weighted by Crippen LogP contribution is -1.88. The molecule has 0 atom stereocenters. The third-order valence-corrected chi connectivity index (χ3v) is 6.04. The number of aromatic nitrogens is 5. The average Bonchev–Trinajstić information content (AvgIpc) is 3.31. The summed E-state index contributed by atoms with van der Waals surface area (Å²) in [5.41, 5.74) is 2.91. The highest BCUT2D eigenvalue weighted by Gasteiger charge is 2.14. The fourth-order valence-corrected chi connectivity index (χ4v) is 4.77. The van der Waals surface area contributed by atoms with Crippen molar-refractivity contribution in [1.29, 1.82) is 0 Å². The van der Waals surface area contributed by atoms with Gasteiger partial charge in [0, 0.05) is 35.3 Å². The van der Waals surface area contributed by atoms with E-state index in [9.17, 15) is 4.39 Å². The molecule has 27 heavy (non-hydrogen) atoms. The zero-order chi connectivity index (χ0) is 18.2. The summed E-state index contributed by atoms with van der Waals surface area (Å²) >= 11 is 3.18. The molecule has 5 nitrogen and oxygen atoms in total. The normalized spacial score (nSPS) is 11.4. The molecule has 0 radical (unpaired) electrons. The molecule has 0 saturated carbocycles. The topological polar surface area (TPSA) is 56.0 Å². The summed E-state index contributed by atoms with van der Waals surface area (Å²) in [4.78, 5) is 18.6. The maximum absolute atomic E-state index is 13.3. The van der Waals surface area contributed by atoms with E-state index in [4.69, 9.17) is 0 Å². The summed E-state index contributed by atoms with van der Waals surface area (Å²) in [5, 5.41) is 3.94. The lowest BCUT2D eigenvalue weighted by atomic mass is 10.1. The van der Waals surface area contributed by atoms with Gasteiger partial charge in [0.15, 0.2) is 0 Å². The van der Waals surface area contributed by atoms with Gasteiger partial charge in [-0.2, -0.15) is 0 Å². The Morgan fingerprint density at radius 2 is 2.00 bits per heavy atom. The van der Waals surface area contributed by atoms with Crippen molar-refractivity contribution in [2.24, 2.45) is 0 Å². The van der Waals surface area contributed by atoms with Crippen LogP contribution in [0, 0.1) is 5.82 Å². The van der Waals surface area contributed by atoms with Gasteiger partial charge in [-0.25, -0.2) is 24.3 Å². The van der Waals surface area contributed by atoms with Gasteiger partial charge in [-0.3, -0.25) is 4.40 Å². The molecule has 0 aliphatic rings. The molecular weight excluding hydrogens is 381 g/mol.